The van der Waals surface area contributed by atoms with Gasteiger partial charge in [-0.1, -0.05) is 26.0 Å². The fourth-order valence-corrected chi connectivity index (χ4v) is 3.17. The molecule has 4 heteroatoms. The van der Waals surface area contributed by atoms with Gasteiger partial charge in [0, 0.05) is 6.04 Å². The molecule has 1 saturated carbocycles. The van der Waals surface area contributed by atoms with Crippen LogP contribution in [0.1, 0.15) is 53.8 Å². The van der Waals surface area contributed by atoms with E-state index in [9.17, 15) is 14.7 Å². The van der Waals surface area contributed by atoms with Gasteiger partial charge in [-0.2, -0.15) is 0 Å². The van der Waals surface area contributed by atoms with Crippen molar-refractivity contribution in [2.75, 3.05) is 0 Å². The molecule has 0 bridgehead atoms. The number of hydrogen-bond acceptors (Lipinski definition) is 3. The number of nitrogens with zero attached hydrogens (tertiary/aromatic N) is 1. The highest BCUT2D eigenvalue weighted by molar-refractivity contribution is 6.21. The van der Waals surface area contributed by atoms with Crippen molar-refractivity contribution in [3.05, 3.63) is 35.4 Å². The normalized spacial score (nSPS) is 28.6. The van der Waals surface area contributed by atoms with Crippen molar-refractivity contribution in [2.45, 2.75) is 45.3 Å². The van der Waals surface area contributed by atoms with Crippen molar-refractivity contribution in [3.8, 4) is 0 Å². The van der Waals surface area contributed by atoms with Crippen LogP contribution in [0.5, 0.6) is 0 Å². The molecule has 1 aromatic rings. The Balaban J connectivity index is 1.87. The summed E-state index contributed by atoms with van der Waals surface area (Å²) in [5.74, 6) is -0.440. The average Bonchev–Trinajstić information content (AvgIpc) is 2.67. The number of benzene rings is 1. The van der Waals surface area contributed by atoms with Crippen molar-refractivity contribution in [2.24, 2.45) is 5.41 Å². The fraction of sp³-hybridized carbons (Fsp3) is 0.500. The summed E-state index contributed by atoms with van der Waals surface area (Å²) in [6, 6.07) is 6.74. The monoisotopic (exact) mass is 273 g/mol. The summed E-state index contributed by atoms with van der Waals surface area (Å²) in [4.78, 5) is 26.1. The number of hydrogen-bond donors (Lipinski definition) is 1. The van der Waals surface area contributed by atoms with Gasteiger partial charge in [0.05, 0.1) is 17.2 Å². The van der Waals surface area contributed by atoms with Gasteiger partial charge in [-0.25, -0.2) is 0 Å². The van der Waals surface area contributed by atoms with E-state index in [-0.39, 0.29) is 23.3 Å². The molecule has 1 heterocycles. The van der Waals surface area contributed by atoms with E-state index < -0.39 is 6.10 Å². The van der Waals surface area contributed by atoms with Gasteiger partial charge >= 0.3 is 0 Å². The van der Waals surface area contributed by atoms with Crippen molar-refractivity contribution >= 4 is 11.8 Å². The van der Waals surface area contributed by atoms with Crippen molar-refractivity contribution in [3.63, 3.8) is 0 Å². The first-order chi connectivity index (χ1) is 9.42. The van der Waals surface area contributed by atoms with Gasteiger partial charge in [-0.15, -0.1) is 0 Å². The maximum absolute atomic E-state index is 12.4. The maximum Gasteiger partial charge on any atom is 0.261 e. The summed E-state index contributed by atoms with van der Waals surface area (Å²) in [5.41, 5.74) is 0.823. The summed E-state index contributed by atoms with van der Waals surface area (Å²) in [7, 11) is 0. The molecule has 1 N–H and O–H groups in total. The zero-order valence-electron chi connectivity index (χ0n) is 11.8. The second-order valence-electron chi connectivity index (χ2n) is 6.46. The topological polar surface area (TPSA) is 57.6 Å². The zero-order chi connectivity index (χ0) is 14.5. The van der Waals surface area contributed by atoms with Crippen molar-refractivity contribution in [1.82, 2.24) is 4.90 Å². The molecule has 2 atom stereocenters. The molecular formula is C16H19NO3. The van der Waals surface area contributed by atoms with E-state index in [4.69, 9.17) is 0 Å². The Kier molecular flexibility index (Phi) is 2.94. The fourth-order valence-electron chi connectivity index (χ4n) is 3.17. The molecule has 0 saturated heterocycles. The number of fused-ring (bicyclic) bond motifs is 1. The number of aliphatic hydroxyl groups excluding tert-OH is 1. The van der Waals surface area contributed by atoms with Crippen molar-refractivity contribution < 1.29 is 14.7 Å². The minimum atomic E-state index is -0.481. The van der Waals surface area contributed by atoms with Crippen LogP contribution in [-0.4, -0.2) is 34.0 Å². The molecule has 0 spiro atoms. The van der Waals surface area contributed by atoms with Crippen LogP contribution in [0.2, 0.25) is 0 Å². The third-order valence-electron chi connectivity index (χ3n) is 4.71. The Morgan fingerprint density at radius 2 is 1.70 bits per heavy atom. The number of aliphatic hydroxyl groups is 1. The van der Waals surface area contributed by atoms with Crippen LogP contribution in [0, 0.1) is 5.41 Å². The molecule has 3 rings (SSSR count). The summed E-state index contributed by atoms with van der Waals surface area (Å²) >= 11 is 0. The van der Waals surface area contributed by atoms with Gasteiger partial charge < -0.3 is 5.11 Å². The smallest absolute Gasteiger partial charge is 0.261 e. The van der Waals surface area contributed by atoms with E-state index in [2.05, 4.69) is 0 Å². The predicted molar refractivity (Wildman–Crippen MR) is 74.4 cm³/mol. The van der Waals surface area contributed by atoms with Gasteiger partial charge in [-0.3, -0.25) is 14.5 Å². The van der Waals surface area contributed by atoms with Crippen LogP contribution in [0.3, 0.4) is 0 Å². The van der Waals surface area contributed by atoms with E-state index in [1.807, 2.05) is 13.8 Å². The minimum Gasteiger partial charge on any atom is -0.392 e. The molecule has 1 aromatic carbocycles. The Bertz CT molecular complexity index is 544. The van der Waals surface area contributed by atoms with E-state index in [1.165, 1.54) is 4.90 Å². The highest BCUT2D eigenvalue weighted by Gasteiger charge is 2.44. The number of imide groups is 1. The van der Waals surface area contributed by atoms with Crippen LogP contribution in [0.15, 0.2) is 24.3 Å². The quantitative estimate of drug-likeness (QED) is 0.798. The average molecular weight is 273 g/mol. The number of amides is 2. The van der Waals surface area contributed by atoms with Crippen LogP contribution in [-0.2, 0) is 0 Å². The second-order valence-corrected chi connectivity index (χ2v) is 6.46. The number of carbonyl (C=O) groups is 2. The van der Waals surface area contributed by atoms with Crippen molar-refractivity contribution in [1.29, 1.82) is 0 Å². The van der Waals surface area contributed by atoms with Crippen LogP contribution < -0.4 is 0 Å². The highest BCUT2D eigenvalue weighted by Crippen LogP contribution is 2.39. The third-order valence-corrected chi connectivity index (χ3v) is 4.71. The number of rotatable bonds is 1. The van der Waals surface area contributed by atoms with E-state index in [0.29, 0.717) is 17.5 Å². The molecule has 0 radical (unpaired) electrons. The summed E-state index contributed by atoms with van der Waals surface area (Å²) in [5, 5.41) is 10.2. The van der Waals surface area contributed by atoms with E-state index in [1.54, 1.807) is 24.3 Å². The summed E-state index contributed by atoms with van der Waals surface area (Å²) in [6.07, 6.45) is 1.56. The van der Waals surface area contributed by atoms with Gasteiger partial charge in [-0.05, 0) is 36.8 Å². The first-order valence-corrected chi connectivity index (χ1v) is 7.07. The summed E-state index contributed by atoms with van der Waals surface area (Å²) < 4.78 is 0. The third kappa shape index (κ3) is 1.86. The van der Waals surface area contributed by atoms with Gasteiger partial charge in [0.25, 0.3) is 11.8 Å². The Morgan fingerprint density at radius 1 is 1.15 bits per heavy atom. The lowest BCUT2D eigenvalue weighted by atomic mass is 9.73. The van der Waals surface area contributed by atoms with E-state index >= 15 is 0 Å². The lowest BCUT2D eigenvalue weighted by Gasteiger charge is -2.41. The van der Waals surface area contributed by atoms with Crippen LogP contribution in [0.4, 0.5) is 0 Å². The lowest BCUT2D eigenvalue weighted by Crippen LogP contribution is -2.48. The predicted octanol–water partition coefficient (Wildman–Crippen LogP) is 2.22. The summed E-state index contributed by atoms with van der Waals surface area (Å²) in [6.45, 7) is 4.05. The van der Waals surface area contributed by atoms with Crippen LogP contribution >= 0.6 is 0 Å². The first-order valence-electron chi connectivity index (χ1n) is 7.07. The van der Waals surface area contributed by atoms with Gasteiger partial charge in [0.2, 0.25) is 0 Å². The molecule has 0 aromatic heterocycles. The SMILES string of the molecule is CC1(C)CCC(N2C(=O)c3ccccc3C2=O)CC1O. The molecule has 106 valence electrons. The Morgan fingerprint density at radius 3 is 2.20 bits per heavy atom. The maximum atomic E-state index is 12.4. The standard InChI is InChI=1S/C16H19NO3/c1-16(2)8-7-10(9-13(16)18)17-14(19)11-5-3-4-6-12(11)15(17)20/h3-6,10,13,18H,7-9H2,1-2H3. The molecule has 20 heavy (non-hydrogen) atoms. The molecule has 2 amide bonds. The van der Waals surface area contributed by atoms with Crippen LogP contribution in [0.25, 0.3) is 0 Å². The molecule has 1 aliphatic heterocycles. The van der Waals surface area contributed by atoms with Gasteiger partial charge in [0.15, 0.2) is 0 Å². The Labute approximate surface area is 118 Å². The zero-order valence-corrected chi connectivity index (χ0v) is 11.8. The Hall–Kier alpha value is -1.68. The van der Waals surface area contributed by atoms with E-state index in [0.717, 1.165) is 12.8 Å². The molecule has 2 aliphatic rings. The molecule has 1 aliphatic carbocycles. The molecule has 2 unspecified atom stereocenters. The number of carbonyl (C=O) groups excluding carboxylic acids is 2. The highest BCUT2D eigenvalue weighted by atomic mass is 16.3. The lowest BCUT2D eigenvalue weighted by molar-refractivity contribution is -0.0165. The van der Waals surface area contributed by atoms with Gasteiger partial charge in [0.1, 0.15) is 0 Å². The largest absolute Gasteiger partial charge is 0.392 e. The minimum absolute atomic E-state index is 0.144. The molecular weight excluding hydrogens is 254 g/mol. The first kappa shape index (κ1) is 13.3. The second kappa shape index (κ2) is 4.42. The molecule has 1 fully saturated rings. The molecule has 4 nitrogen and oxygen atoms in total.